The standard InChI is InChI=1S/C18H10F11O4S2/c19-5-2-1-3-6(4-5)34(30,31)17(35(32,33)18(27,28)29)9-10(20)7-8(11(21)14(9)24)13(23)16(26)15(25)12(7)22/h5-6H,1-4H2/q-1. The van der Waals surface area contributed by atoms with E-state index in [0.29, 0.717) is 0 Å². The quantitative estimate of drug-likeness (QED) is 0.220. The topological polar surface area (TPSA) is 68.3 Å². The van der Waals surface area contributed by atoms with E-state index in [0.717, 1.165) is 0 Å². The van der Waals surface area contributed by atoms with Crippen LogP contribution in [0.5, 0.6) is 0 Å². The highest BCUT2D eigenvalue weighted by Crippen LogP contribution is 2.46. The van der Waals surface area contributed by atoms with Crippen LogP contribution in [0.4, 0.5) is 48.3 Å². The summed E-state index contributed by atoms with van der Waals surface area (Å²) in [5, 5.41) is -7.00. The molecular formula is C18H10F11O4S2-. The van der Waals surface area contributed by atoms with Crippen LogP contribution in [0.25, 0.3) is 10.8 Å². The fourth-order valence-corrected chi connectivity index (χ4v) is 8.00. The van der Waals surface area contributed by atoms with E-state index in [2.05, 4.69) is 0 Å². The van der Waals surface area contributed by atoms with Crippen molar-refractivity contribution >= 4 is 30.4 Å². The molecule has 3 rings (SSSR count). The number of halogens is 11. The molecule has 0 radical (unpaired) electrons. The summed E-state index contributed by atoms with van der Waals surface area (Å²) in [4.78, 5) is 0. The molecule has 0 N–H and O–H groups in total. The van der Waals surface area contributed by atoms with Crippen LogP contribution in [-0.2, 0) is 19.7 Å². The smallest absolute Gasteiger partial charge is 0.283 e. The van der Waals surface area contributed by atoms with Crippen molar-refractivity contribution in [1.29, 1.82) is 0 Å². The van der Waals surface area contributed by atoms with Gasteiger partial charge in [0.1, 0.15) is 21.8 Å². The van der Waals surface area contributed by atoms with E-state index < -0.39 is 111 Å². The Hall–Kier alpha value is -2.30. The molecular weight excluding hydrogens is 553 g/mol. The van der Waals surface area contributed by atoms with Crippen LogP contribution in [0.15, 0.2) is 0 Å². The summed E-state index contributed by atoms with van der Waals surface area (Å²) in [6.07, 6.45) is -4.37. The third-order valence-electron chi connectivity index (χ3n) is 5.35. The Balaban J connectivity index is 2.52. The van der Waals surface area contributed by atoms with Crippen molar-refractivity contribution < 1.29 is 65.1 Å². The average Bonchev–Trinajstić information content (AvgIpc) is 2.74. The summed E-state index contributed by atoms with van der Waals surface area (Å²) in [6.45, 7) is 0. The third kappa shape index (κ3) is 4.09. The van der Waals surface area contributed by atoms with E-state index in [1.54, 1.807) is 0 Å². The predicted octanol–water partition coefficient (Wildman–Crippen LogP) is 5.28. The number of hydrogen-bond donors (Lipinski definition) is 0. The average molecular weight is 563 g/mol. The first-order chi connectivity index (χ1) is 15.9. The molecule has 1 fully saturated rings. The normalized spacial score (nSPS) is 19.9. The van der Waals surface area contributed by atoms with Gasteiger partial charge in [-0.1, -0.05) is 5.56 Å². The fourth-order valence-electron chi connectivity index (χ4n) is 3.72. The van der Waals surface area contributed by atoms with Crippen molar-refractivity contribution in [2.45, 2.75) is 42.6 Å². The summed E-state index contributed by atoms with van der Waals surface area (Å²) >= 11 is 0. The van der Waals surface area contributed by atoms with Crippen LogP contribution in [0.3, 0.4) is 0 Å². The monoisotopic (exact) mass is 563 g/mol. The van der Waals surface area contributed by atoms with Crippen LogP contribution in [0.2, 0.25) is 0 Å². The third-order valence-corrected chi connectivity index (χ3v) is 10.0. The molecule has 1 aliphatic rings. The zero-order valence-corrected chi connectivity index (χ0v) is 18.2. The van der Waals surface area contributed by atoms with Gasteiger partial charge in [-0.05, 0) is 25.7 Å². The van der Waals surface area contributed by atoms with Crippen LogP contribution in [0, 0.1) is 45.3 Å². The highest BCUT2D eigenvalue weighted by atomic mass is 32.3. The second-order valence-electron chi connectivity index (χ2n) is 7.49. The molecule has 0 saturated heterocycles. The molecule has 17 heteroatoms. The maximum absolute atomic E-state index is 15.1. The lowest BCUT2D eigenvalue weighted by molar-refractivity contribution is -0.0429. The van der Waals surface area contributed by atoms with Crippen molar-refractivity contribution in [1.82, 2.24) is 0 Å². The summed E-state index contributed by atoms with van der Waals surface area (Å²) in [5.41, 5.74) is -9.45. The largest absolute Gasteiger partial charge is 0.491 e. The number of hydrogen-bond acceptors (Lipinski definition) is 4. The van der Waals surface area contributed by atoms with Gasteiger partial charge in [0.2, 0.25) is 9.84 Å². The lowest BCUT2D eigenvalue weighted by atomic mass is 9.98. The highest BCUT2D eigenvalue weighted by Gasteiger charge is 2.55. The summed E-state index contributed by atoms with van der Waals surface area (Å²) < 4.78 is 200. The number of benzene rings is 2. The molecule has 35 heavy (non-hydrogen) atoms. The van der Waals surface area contributed by atoms with Gasteiger partial charge in [-0.25, -0.2) is 43.2 Å². The molecule has 0 aliphatic heterocycles. The summed E-state index contributed by atoms with van der Waals surface area (Å²) in [6, 6.07) is 0. The van der Waals surface area contributed by atoms with E-state index in [4.69, 9.17) is 0 Å². The van der Waals surface area contributed by atoms with Crippen molar-refractivity contribution in [2.75, 3.05) is 0 Å². The van der Waals surface area contributed by atoms with Gasteiger partial charge in [0.05, 0.1) is 15.6 Å². The minimum absolute atomic E-state index is 0.282. The molecule has 2 atom stereocenters. The number of fused-ring (bicyclic) bond motifs is 1. The van der Waals surface area contributed by atoms with Gasteiger partial charge >= 0.3 is 5.51 Å². The molecule has 0 heterocycles. The fraction of sp³-hybridized carbons (Fsp3) is 0.389. The number of sulfone groups is 2. The maximum Gasteiger partial charge on any atom is 0.491 e. The van der Waals surface area contributed by atoms with Crippen LogP contribution < -0.4 is 0 Å². The second kappa shape index (κ2) is 8.67. The maximum atomic E-state index is 15.1. The van der Waals surface area contributed by atoms with Crippen LogP contribution in [0.1, 0.15) is 31.2 Å². The predicted molar refractivity (Wildman–Crippen MR) is 97.0 cm³/mol. The Morgan fingerprint density at radius 3 is 1.60 bits per heavy atom. The van der Waals surface area contributed by atoms with E-state index in [1.807, 2.05) is 0 Å². The van der Waals surface area contributed by atoms with Crippen molar-refractivity contribution in [3.63, 3.8) is 0 Å². The molecule has 1 aliphatic carbocycles. The van der Waals surface area contributed by atoms with Crippen LogP contribution in [-0.4, -0.2) is 33.8 Å². The number of alkyl halides is 4. The molecule has 4 nitrogen and oxygen atoms in total. The molecule has 0 bridgehead atoms. The highest BCUT2D eigenvalue weighted by molar-refractivity contribution is 8.13. The zero-order valence-electron chi connectivity index (χ0n) is 16.6. The molecule has 0 aromatic heterocycles. The molecule has 2 aromatic rings. The van der Waals surface area contributed by atoms with Gasteiger partial charge in [0.15, 0.2) is 23.3 Å². The lowest BCUT2D eigenvalue weighted by Gasteiger charge is -2.34. The van der Waals surface area contributed by atoms with Crippen LogP contribution >= 0.6 is 0 Å². The Labute approximate surface area is 189 Å². The minimum Gasteiger partial charge on any atom is -0.283 e. The van der Waals surface area contributed by atoms with Gasteiger partial charge < -0.3 is 0 Å². The molecule has 2 aromatic carbocycles. The van der Waals surface area contributed by atoms with Gasteiger partial charge in [-0.2, -0.15) is 13.2 Å². The molecule has 1 saturated carbocycles. The van der Waals surface area contributed by atoms with Gasteiger partial charge in [0, 0.05) is 16.6 Å². The summed E-state index contributed by atoms with van der Waals surface area (Å²) in [5.74, 6) is -20.2. The Morgan fingerprint density at radius 2 is 1.14 bits per heavy atom. The van der Waals surface area contributed by atoms with Crippen molar-refractivity contribution in [3.05, 3.63) is 50.9 Å². The molecule has 0 spiro atoms. The van der Waals surface area contributed by atoms with Gasteiger partial charge in [-0.3, -0.25) is 8.78 Å². The lowest BCUT2D eigenvalue weighted by Crippen LogP contribution is -2.41. The number of rotatable bonds is 4. The van der Waals surface area contributed by atoms with E-state index in [-0.39, 0.29) is 12.8 Å². The first-order valence-corrected chi connectivity index (χ1v) is 12.3. The molecule has 0 amide bonds. The first-order valence-electron chi connectivity index (χ1n) is 9.26. The SMILES string of the molecule is O=S(=O)([C-](c1c(F)c(F)c2c(F)c(F)c(F)c(F)c2c1F)S(=O)(=O)C(F)(F)F)C1CCCC(F)C1. The van der Waals surface area contributed by atoms with E-state index in [9.17, 15) is 60.7 Å². The molecule has 196 valence electrons. The Morgan fingerprint density at radius 1 is 0.686 bits per heavy atom. The first kappa shape index (κ1) is 27.3. The van der Waals surface area contributed by atoms with Crippen molar-refractivity contribution in [3.8, 4) is 0 Å². The van der Waals surface area contributed by atoms with Gasteiger partial charge in [0.25, 0.3) is 0 Å². The summed E-state index contributed by atoms with van der Waals surface area (Å²) in [7, 11) is -13.4. The van der Waals surface area contributed by atoms with Gasteiger partial charge in [-0.15, -0.1) is 0 Å². The zero-order chi connectivity index (χ0) is 26.8. The Kier molecular flexibility index (Phi) is 6.76. The van der Waals surface area contributed by atoms with E-state index in [1.165, 1.54) is 0 Å². The molecule has 2 unspecified atom stereocenters. The Bertz CT molecular complexity index is 1420. The van der Waals surface area contributed by atoms with E-state index >= 15 is 4.39 Å². The van der Waals surface area contributed by atoms with Crippen molar-refractivity contribution in [2.24, 2.45) is 0 Å². The minimum atomic E-state index is -7.31. The second-order valence-corrected chi connectivity index (χ2v) is 11.8.